The number of amides is 2. The molecule has 2 aliphatic carbocycles. The molecule has 1 heterocycles. The van der Waals surface area contributed by atoms with Crippen LogP contribution in [-0.4, -0.2) is 67.4 Å². The van der Waals surface area contributed by atoms with Gasteiger partial charge in [-0.2, -0.15) is 0 Å². The molecule has 172 valence electrons. The first-order valence-electron chi connectivity index (χ1n) is 11.2. The maximum Gasteiger partial charge on any atom is 0.407 e. The number of carbonyl (C=O) groups is 3. The minimum absolute atomic E-state index is 0.00205. The van der Waals surface area contributed by atoms with Crippen LogP contribution in [0.15, 0.2) is 48.5 Å². The Bertz CT molecular complexity index is 1060. The van der Waals surface area contributed by atoms with E-state index in [1.54, 1.807) is 4.90 Å². The number of nitrogens with zero attached hydrogens (tertiary/aromatic N) is 1. The molecule has 8 nitrogen and oxygen atoms in total. The van der Waals surface area contributed by atoms with E-state index in [-0.39, 0.29) is 50.7 Å². The Morgan fingerprint density at radius 3 is 2.36 bits per heavy atom. The van der Waals surface area contributed by atoms with Crippen LogP contribution in [0, 0.1) is 11.3 Å². The first-order chi connectivity index (χ1) is 16.0. The molecular formula is C25H26N2O6. The fourth-order valence-corrected chi connectivity index (χ4v) is 5.13. The fraction of sp³-hybridized carbons (Fsp3) is 0.400. The molecule has 5 rings (SSSR count). The zero-order valence-corrected chi connectivity index (χ0v) is 18.2. The summed E-state index contributed by atoms with van der Waals surface area (Å²) >= 11 is 0. The van der Waals surface area contributed by atoms with E-state index in [4.69, 9.17) is 9.47 Å². The summed E-state index contributed by atoms with van der Waals surface area (Å²) in [6.45, 7) is 1.22. The van der Waals surface area contributed by atoms with Crippen LogP contribution in [0.1, 0.15) is 23.5 Å². The number of carboxylic acid groups (broad SMARTS) is 1. The lowest BCUT2D eigenvalue weighted by Gasteiger charge is -2.19. The molecule has 0 bridgehead atoms. The molecule has 0 aromatic heterocycles. The summed E-state index contributed by atoms with van der Waals surface area (Å²) in [6, 6.07) is 16.3. The number of fused-ring (bicyclic) bond motifs is 4. The number of piperidine rings is 1. The van der Waals surface area contributed by atoms with E-state index in [0.29, 0.717) is 13.0 Å². The second-order valence-corrected chi connectivity index (χ2v) is 8.94. The smallest absolute Gasteiger partial charge is 0.407 e. The van der Waals surface area contributed by atoms with E-state index in [9.17, 15) is 19.5 Å². The predicted molar refractivity (Wildman–Crippen MR) is 119 cm³/mol. The average Bonchev–Trinajstić information content (AvgIpc) is 3.25. The van der Waals surface area contributed by atoms with E-state index in [1.165, 1.54) is 11.1 Å². The summed E-state index contributed by atoms with van der Waals surface area (Å²) in [5.41, 5.74) is 3.91. The Morgan fingerprint density at radius 1 is 1.06 bits per heavy atom. The van der Waals surface area contributed by atoms with Crippen molar-refractivity contribution in [3.8, 4) is 11.1 Å². The molecule has 2 amide bonds. The summed E-state index contributed by atoms with van der Waals surface area (Å²) in [4.78, 5) is 37.3. The summed E-state index contributed by atoms with van der Waals surface area (Å²) in [6.07, 6.45) is 0.117. The number of carbonyl (C=O) groups excluding carboxylic acids is 2. The number of rotatable bonds is 8. The van der Waals surface area contributed by atoms with Gasteiger partial charge in [-0.1, -0.05) is 48.5 Å². The lowest BCUT2D eigenvalue weighted by Crippen LogP contribution is -2.37. The highest BCUT2D eigenvalue weighted by molar-refractivity contribution is 5.84. The van der Waals surface area contributed by atoms with Gasteiger partial charge in [0.1, 0.15) is 13.2 Å². The maximum absolute atomic E-state index is 12.2. The van der Waals surface area contributed by atoms with Gasteiger partial charge in [0.2, 0.25) is 5.91 Å². The molecule has 3 aliphatic rings. The molecule has 0 spiro atoms. The predicted octanol–water partition coefficient (Wildman–Crippen LogP) is 2.47. The number of alkyl carbamates (subject to hydrolysis) is 1. The van der Waals surface area contributed by atoms with E-state index in [0.717, 1.165) is 11.1 Å². The second-order valence-electron chi connectivity index (χ2n) is 8.94. The van der Waals surface area contributed by atoms with Crippen LogP contribution in [0.4, 0.5) is 4.79 Å². The van der Waals surface area contributed by atoms with Crippen LogP contribution in [-0.2, 0) is 19.1 Å². The summed E-state index contributed by atoms with van der Waals surface area (Å²) in [5.74, 6) is -0.980. The van der Waals surface area contributed by atoms with Crippen LogP contribution in [0.25, 0.3) is 11.1 Å². The molecule has 2 N–H and O–H groups in total. The van der Waals surface area contributed by atoms with Crippen molar-refractivity contribution in [3.05, 3.63) is 59.7 Å². The number of benzene rings is 2. The Kier molecular flexibility index (Phi) is 5.54. The normalized spacial score (nSPS) is 22.3. The number of aliphatic carboxylic acids is 1. The third-order valence-corrected chi connectivity index (χ3v) is 7.01. The number of hydrogen-bond donors (Lipinski definition) is 2. The number of ether oxygens (including phenoxy) is 2. The van der Waals surface area contributed by atoms with Crippen molar-refractivity contribution in [2.75, 3.05) is 39.5 Å². The summed E-state index contributed by atoms with van der Waals surface area (Å²) in [5, 5.41) is 11.9. The third kappa shape index (κ3) is 3.95. The molecule has 0 radical (unpaired) electrons. The van der Waals surface area contributed by atoms with Gasteiger partial charge in [-0.3, -0.25) is 9.59 Å². The molecular weight excluding hydrogens is 424 g/mol. The lowest BCUT2D eigenvalue weighted by molar-refractivity contribution is -0.144. The Balaban J connectivity index is 1.02. The van der Waals surface area contributed by atoms with Crippen LogP contribution >= 0.6 is 0 Å². The molecule has 2 unspecified atom stereocenters. The van der Waals surface area contributed by atoms with E-state index in [2.05, 4.69) is 29.6 Å². The second kappa shape index (κ2) is 8.51. The molecule has 1 saturated heterocycles. The van der Waals surface area contributed by atoms with Gasteiger partial charge in [0, 0.05) is 25.6 Å². The van der Waals surface area contributed by atoms with Gasteiger partial charge >= 0.3 is 12.1 Å². The largest absolute Gasteiger partial charge is 0.481 e. The number of likely N-dealkylation sites (tertiary alicyclic amines) is 1. The first-order valence-corrected chi connectivity index (χ1v) is 11.2. The van der Waals surface area contributed by atoms with Crippen molar-refractivity contribution in [1.82, 2.24) is 10.2 Å². The van der Waals surface area contributed by atoms with Gasteiger partial charge in [0.25, 0.3) is 0 Å². The zero-order chi connectivity index (χ0) is 23.0. The lowest BCUT2D eigenvalue weighted by atomic mass is 9.98. The number of hydrogen-bond acceptors (Lipinski definition) is 5. The molecule has 2 atom stereocenters. The van der Waals surface area contributed by atoms with Gasteiger partial charge in [0.05, 0.1) is 12.0 Å². The van der Waals surface area contributed by atoms with E-state index < -0.39 is 17.5 Å². The minimum Gasteiger partial charge on any atom is -0.481 e. The Morgan fingerprint density at radius 2 is 1.73 bits per heavy atom. The standard InChI is InChI=1S/C25H26N2O6/c28-22(27-12-16-11-25(16,15-27)23(29)30)14-32-10-9-26-24(31)33-13-21-19-7-3-1-5-17(19)18-6-2-4-8-20(18)21/h1-8,16,21H,9-15H2,(H,26,31)(H,29,30). The van der Waals surface area contributed by atoms with Crippen molar-refractivity contribution in [2.45, 2.75) is 12.3 Å². The summed E-state index contributed by atoms with van der Waals surface area (Å²) < 4.78 is 10.8. The Labute approximate surface area is 191 Å². The van der Waals surface area contributed by atoms with Crippen LogP contribution in [0.5, 0.6) is 0 Å². The van der Waals surface area contributed by atoms with Crippen molar-refractivity contribution < 1.29 is 29.0 Å². The quantitative estimate of drug-likeness (QED) is 0.599. The van der Waals surface area contributed by atoms with Gasteiger partial charge in [-0.05, 0) is 34.6 Å². The van der Waals surface area contributed by atoms with Gasteiger partial charge < -0.3 is 24.8 Å². The average molecular weight is 450 g/mol. The van der Waals surface area contributed by atoms with Crippen molar-refractivity contribution >= 4 is 18.0 Å². The highest BCUT2D eigenvalue weighted by atomic mass is 16.5. The molecule has 33 heavy (non-hydrogen) atoms. The maximum atomic E-state index is 12.2. The van der Waals surface area contributed by atoms with Crippen LogP contribution < -0.4 is 5.32 Å². The van der Waals surface area contributed by atoms with Gasteiger partial charge in [0.15, 0.2) is 0 Å². The third-order valence-electron chi connectivity index (χ3n) is 7.01. The van der Waals surface area contributed by atoms with Crippen molar-refractivity contribution in [3.63, 3.8) is 0 Å². The highest BCUT2D eigenvalue weighted by Crippen LogP contribution is 2.57. The van der Waals surface area contributed by atoms with Crippen LogP contribution in [0.3, 0.4) is 0 Å². The van der Waals surface area contributed by atoms with Gasteiger partial charge in [-0.15, -0.1) is 0 Å². The fourth-order valence-electron chi connectivity index (χ4n) is 5.13. The molecule has 2 aromatic rings. The first kappa shape index (κ1) is 21.5. The molecule has 1 saturated carbocycles. The number of nitrogens with one attached hydrogen (secondary N) is 1. The number of carboxylic acids is 1. The zero-order valence-electron chi connectivity index (χ0n) is 18.2. The SMILES string of the molecule is O=C(NCCOCC(=O)N1CC2CC2(C(=O)O)C1)OCC1c2ccccc2-c2ccccc21. The molecule has 8 heteroatoms. The monoisotopic (exact) mass is 450 g/mol. The summed E-state index contributed by atoms with van der Waals surface area (Å²) in [7, 11) is 0. The topological polar surface area (TPSA) is 105 Å². The van der Waals surface area contributed by atoms with Crippen LogP contribution in [0.2, 0.25) is 0 Å². The Hall–Kier alpha value is -3.39. The van der Waals surface area contributed by atoms with E-state index in [1.807, 2.05) is 24.3 Å². The molecule has 1 aliphatic heterocycles. The minimum atomic E-state index is -0.823. The van der Waals surface area contributed by atoms with E-state index >= 15 is 0 Å². The van der Waals surface area contributed by atoms with Crippen molar-refractivity contribution in [1.29, 1.82) is 0 Å². The van der Waals surface area contributed by atoms with Gasteiger partial charge in [-0.25, -0.2) is 4.79 Å². The molecule has 2 fully saturated rings. The molecule has 2 aromatic carbocycles. The highest BCUT2D eigenvalue weighted by Gasteiger charge is 2.66. The van der Waals surface area contributed by atoms with Crippen molar-refractivity contribution in [2.24, 2.45) is 11.3 Å².